The first kappa shape index (κ1) is 21.6. The number of rotatable bonds is 11. The Kier molecular flexibility index (Phi) is 8.47. The Bertz CT molecular complexity index is 606. The van der Waals surface area contributed by atoms with Gasteiger partial charge < -0.3 is 24.1 Å². The van der Waals surface area contributed by atoms with Crippen LogP contribution in [0.1, 0.15) is 32.3 Å². The van der Waals surface area contributed by atoms with E-state index in [-0.39, 0.29) is 36.8 Å². The Morgan fingerprint density at radius 2 is 2.11 bits per heavy atom. The summed E-state index contributed by atoms with van der Waals surface area (Å²) >= 11 is 0. The van der Waals surface area contributed by atoms with E-state index in [2.05, 4.69) is 0 Å². The van der Waals surface area contributed by atoms with E-state index in [0.717, 1.165) is 5.56 Å². The molecular formula is C20H29FO6. The molecule has 0 radical (unpaired) electrons. The number of hydrogen-bond acceptors (Lipinski definition) is 6. The Balaban J connectivity index is 1.78. The number of esters is 1. The third kappa shape index (κ3) is 6.45. The fraction of sp³-hybridized carbons (Fsp3) is 0.650. The summed E-state index contributed by atoms with van der Waals surface area (Å²) in [5, 5.41) is 10.2. The SMILES string of the molecule is COCCCOc1cc(COCC(O)C2CC(C(C)C)C(=O)O2)ccc1F. The average molecular weight is 384 g/mol. The summed E-state index contributed by atoms with van der Waals surface area (Å²) in [4.78, 5) is 11.8. The molecule has 0 aromatic heterocycles. The number of aliphatic hydroxyl groups is 1. The Labute approximate surface area is 159 Å². The van der Waals surface area contributed by atoms with Gasteiger partial charge in [-0.2, -0.15) is 0 Å². The van der Waals surface area contributed by atoms with Crippen LogP contribution in [0.2, 0.25) is 0 Å². The van der Waals surface area contributed by atoms with Crippen LogP contribution in [0.3, 0.4) is 0 Å². The van der Waals surface area contributed by atoms with Crippen LogP contribution in [0.5, 0.6) is 5.75 Å². The molecule has 1 aliphatic heterocycles. The molecule has 3 unspecified atom stereocenters. The van der Waals surface area contributed by atoms with Gasteiger partial charge in [0.05, 0.1) is 25.7 Å². The predicted octanol–water partition coefficient (Wildman–Crippen LogP) is 2.71. The Morgan fingerprint density at radius 1 is 1.33 bits per heavy atom. The third-order valence-corrected chi connectivity index (χ3v) is 4.59. The molecule has 2 rings (SSSR count). The highest BCUT2D eigenvalue weighted by molar-refractivity contribution is 5.75. The van der Waals surface area contributed by atoms with Gasteiger partial charge >= 0.3 is 5.97 Å². The first-order valence-corrected chi connectivity index (χ1v) is 9.28. The van der Waals surface area contributed by atoms with Gasteiger partial charge in [0.15, 0.2) is 11.6 Å². The van der Waals surface area contributed by atoms with Crippen molar-refractivity contribution in [1.82, 2.24) is 0 Å². The van der Waals surface area contributed by atoms with Crippen LogP contribution >= 0.6 is 0 Å². The molecule has 1 saturated heterocycles. The minimum Gasteiger partial charge on any atom is -0.490 e. The Morgan fingerprint density at radius 3 is 2.78 bits per heavy atom. The number of halogens is 1. The summed E-state index contributed by atoms with van der Waals surface area (Å²) in [6.45, 7) is 5.05. The highest BCUT2D eigenvalue weighted by Gasteiger charge is 2.39. The second kappa shape index (κ2) is 10.6. The smallest absolute Gasteiger partial charge is 0.309 e. The molecule has 0 amide bonds. The van der Waals surface area contributed by atoms with Gasteiger partial charge in [-0.3, -0.25) is 4.79 Å². The summed E-state index contributed by atoms with van der Waals surface area (Å²) in [6.07, 6.45) is -0.266. The van der Waals surface area contributed by atoms with Crippen molar-refractivity contribution in [2.24, 2.45) is 11.8 Å². The van der Waals surface area contributed by atoms with Crippen LogP contribution in [-0.4, -0.2) is 50.2 Å². The van der Waals surface area contributed by atoms with Gasteiger partial charge in [-0.15, -0.1) is 0 Å². The fourth-order valence-electron chi connectivity index (χ4n) is 2.95. The normalized spacial score (nSPS) is 20.7. The van der Waals surface area contributed by atoms with Crippen LogP contribution in [0.4, 0.5) is 4.39 Å². The second-order valence-electron chi connectivity index (χ2n) is 7.10. The van der Waals surface area contributed by atoms with Gasteiger partial charge in [0.1, 0.15) is 12.2 Å². The number of carbonyl (C=O) groups excluding carboxylic acids is 1. The van der Waals surface area contributed by atoms with E-state index < -0.39 is 18.0 Å². The first-order chi connectivity index (χ1) is 12.9. The zero-order valence-corrected chi connectivity index (χ0v) is 16.2. The van der Waals surface area contributed by atoms with Crippen molar-refractivity contribution in [3.63, 3.8) is 0 Å². The lowest BCUT2D eigenvalue weighted by Gasteiger charge is -2.17. The largest absolute Gasteiger partial charge is 0.490 e. The van der Waals surface area contributed by atoms with Crippen molar-refractivity contribution < 1.29 is 33.2 Å². The van der Waals surface area contributed by atoms with E-state index in [1.807, 2.05) is 13.8 Å². The van der Waals surface area contributed by atoms with Crippen molar-refractivity contribution in [1.29, 1.82) is 0 Å². The maximum Gasteiger partial charge on any atom is 0.309 e. The molecule has 3 atom stereocenters. The van der Waals surface area contributed by atoms with E-state index in [1.165, 1.54) is 6.07 Å². The highest BCUT2D eigenvalue weighted by Crippen LogP contribution is 2.29. The zero-order chi connectivity index (χ0) is 19.8. The standard InChI is InChI=1S/C20H29FO6/c1-13(2)15-10-19(27-20(15)23)17(22)12-25-11-14-5-6-16(21)18(9-14)26-8-4-7-24-3/h5-6,9,13,15,17,19,22H,4,7-8,10-12H2,1-3H3. The molecule has 7 heteroatoms. The molecule has 27 heavy (non-hydrogen) atoms. The minimum absolute atomic E-state index is 0.0319. The summed E-state index contributed by atoms with van der Waals surface area (Å²) in [5.74, 6) is -0.536. The van der Waals surface area contributed by atoms with Gasteiger partial charge in [0.25, 0.3) is 0 Å². The molecule has 1 aromatic carbocycles. The molecule has 152 valence electrons. The number of aliphatic hydroxyl groups excluding tert-OH is 1. The molecule has 0 aliphatic carbocycles. The molecule has 0 spiro atoms. The van der Waals surface area contributed by atoms with Crippen LogP contribution in [0.15, 0.2) is 18.2 Å². The fourth-order valence-corrected chi connectivity index (χ4v) is 2.95. The van der Waals surface area contributed by atoms with E-state index in [0.29, 0.717) is 26.1 Å². The number of cyclic esters (lactones) is 1. The van der Waals surface area contributed by atoms with Gasteiger partial charge in [-0.25, -0.2) is 4.39 Å². The molecule has 0 saturated carbocycles. The molecule has 1 heterocycles. The number of carbonyl (C=O) groups is 1. The monoisotopic (exact) mass is 384 g/mol. The van der Waals surface area contributed by atoms with Crippen LogP contribution in [0.25, 0.3) is 0 Å². The summed E-state index contributed by atoms with van der Waals surface area (Å²) in [7, 11) is 1.60. The minimum atomic E-state index is -0.886. The van der Waals surface area contributed by atoms with Gasteiger partial charge in [-0.1, -0.05) is 19.9 Å². The molecule has 1 aromatic rings. The lowest BCUT2D eigenvalue weighted by Crippen LogP contribution is -2.30. The van der Waals surface area contributed by atoms with Crippen LogP contribution < -0.4 is 4.74 Å². The van der Waals surface area contributed by atoms with Gasteiger partial charge in [0, 0.05) is 26.6 Å². The average Bonchev–Trinajstić information content (AvgIpc) is 3.03. The van der Waals surface area contributed by atoms with Crippen molar-refractivity contribution in [3.8, 4) is 5.75 Å². The molecule has 1 fully saturated rings. The lowest BCUT2D eigenvalue weighted by atomic mass is 9.91. The van der Waals surface area contributed by atoms with Crippen LogP contribution in [-0.2, 0) is 25.6 Å². The van der Waals surface area contributed by atoms with E-state index in [1.54, 1.807) is 19.2 Å². The number of benzene rings is 1. The number of methoxy groups -OCH3 is 1. The first-order valence-electron chi connectivity index (χ1n) is 9.28. The van der Waals surface area contributed by atoms with Crippen molar-refractivity contribution in [3.05, 3.63) is 29.6 Å². The Hall–Kier alpha value is -1.70. The second-order valence-corrected chi connectivity index (χ2v) is 7.10. The van der Waals surface area contributed by atoms with E-state index >= 15 is 0 Å². The van der Waals surface area contributed by atoms with Gasteiger partial charge in [-0.05, 0) is 23.6 Å². The van der Waals surface area contributed by atoms with Crippen LogP contribution in [0, 0.1) is 17.7 Å². The maximum atomic E-state index is 13.8. The van der Waals surface area contributed by atoms with Crippen molar-refractivity contribution in [2.75, 3.05) is 26.9 Å². The lowest BCUT2D eigenvalue weighted by molar-refractivity contribution is -0.150. The quantitative estimate of drug-likeness (QED) is 0.467. The molecule has 6 nitrogen and oxygen atoms in total. The predicted molar refractivity (Wildman–Crippen MR) is 96.9 cm³/mol. The number of hydrogen-bond donors (Lipinski definition) is 1. The van der Waals surface area contributed by atoms with Crippen molar-refractivity contribution in [2.45, 2.75) is 45.5 Å². The molecular weight excluding hydrogens is 355 g/mol. The van der Waals surface area contributed by atoms with E-state index in [4.69, 9.17) is 18.9 Å². The zero-order valence-electron chi connectivity index (χ0n) is 16.2. The summed E-state index contributed by atoms with van der Waals surface area (Å²) in [5.41, 5.74) is 0.730. The van der Waals surface area contributed by atoms with Gasteiger partial charge in [0.2, 0.25) is 0 Å². The van der Waals surface area contributed by atoms with E-state index in [9.17, 15) is 14.3 Å². The summed E-state index contributed by atoms with van der Waals surface area (Å²) < 4.78 is 34.9. The topological polar surface area (TPSA) is 74.2 Å². The number of ether oxygens (including phenoxy) is 4. The molecule has 1 N–H and O–H groups in total. The summed E-state index contributed by atoms with van der Waals surface area (Å²) in [6, 6.07) is 4.51. The molecule has 0 bridgehead atoms. The maximum absolute atomic E-state index is 13.8. The van der Waals surface area contributed by atoms with Crippen molar-refractivity contribution >= 4 is 5.97 Å². The third-order valence-electron chi connectivity index (χ3n) is 4.59. The molecule has 1 aliphatic rings. The highest BCUT2D eigenvalue weighted by atomic mass is 19.1.